The van der Waals surface area contributed by atoms with Crippen LogP contribution in [0.15, 0.2) is 24.3 Å². The number of hydrogen-bond acceptors (Lipinski definition) is 4. The molecule has 1 heterocycles. The molecular weight excluding hydrogens is 282 g/mol. The van der Waals surface area contributed by atoms with Gasteiger partial charge in [-0.15, -0.1) is 0 Å². The van der Waals surface area contributed by atoms with Crippen LogP contribution in [0.4, 0.5) is 11.5 Å². The maximum Gasteiger partial charge on any atom is 0.254 e. The highest BCUT2D eigenvalue weighted by atomic mass is 16.2. The van der Waals surface area contributed by atoms with E-state index in [1.54, 1.807) is 13.8 Å². The molecule has 1 aromatic heterocycles. The van der Waals surface area contributed by atoms with E-state index in [1.165, 1.54) is 4.68 Å². The van der Waals surface area contributed by atoms with Crippen molar-refractivity contribution in [3.05, 3.63) is 41.1 Å². The zero-order valence-electron chi connectivity index (χ0n) is 12.8. The summed E-state index contributed by atoms with van der Waals surface area (Å²) in [5.74, 6) is -0.849. The monoisotopic (exact) mass is 301 g/mol. The summed E-state index contributed by atoms with van der Waals surface area (Å²) in [6.45, 7) is 5.24. The number of benzene rings is 1. The highest BCUT2D eigenvalue weighted by Crippen LogP contribution is 2.21. The molecule has 0 saturated heterocycles. The maximum absolute atomic E-state index is 12.3. The zero-order valence-corrected chi connectivity index (χ0v) is 12.8. The number of aryl methyl sites for hydroxylation is 2. The van der Waals surface area contributed by atoms with Crippen LogP contribution < -0.4 is 16.8 Å². The molecular formula is C15H19N5O2. The number of rotatable bonds is 4. The number of aromatic nitrogens is 2. The fraction of sp³-hybridized carbons (Fsp3) is 0.267. The number of carbonyl (C=O) groups excluding carboxylic acids is 2. The average molecular weight is 301 g/mol. The van der Waals surface area contributed by atoms with E-state index < -0.39 is 11.9 Å². The van der Waals surface area contributed by atoms with Crippen LogP contribution in [0.3, 0.4) is 0 Å². The SMILES string of the molecule is Cc1ccc(NC(=O)C(C)n2nc(C)c(C(N)=O)c2N)cc1. The van der Waals surface area contributed by atoms with Crippen molar-refractivity contribution in [2.75, 3.05) is 11.1 Å². The minimum absolute atomic E-state index is 0.0940. The maximum atomic E-state index is 12.3. The standard InChI is InChI=1S/C15H19N5O2/c1-8-4-6-11(7-5-8)18-15(22)10(3)20-13(16)12(14(17)21)9(2)19-20/h4-7,10H,16H2,1-3H3,(H2,17,21)(H,18,22). The van der Waals surface area contributed by atoms with Crippen molar-refractivity contribution in [2.24, 2.45) is 5.73 Å². The van der Waals surface area contributed by atoms with Crippen molar-refractivity contribution in [3.8, 4) is 0 Å². The Balaban J connectivity index is 2.22. The van der Waals surface area contributed by atoms with E-state index in [0.29, 0.717) is 11.4 Å². The first-order valence-corrected chi connectivity index (χ1v) is 6.83. The van der Waals surface area contributed by atoms with Gasteiger partial charge in [-0.2, -0.15) is 5.10 Å². The number of nitrogens with two attached hydrogens (primary N) is 2. The van der Waals surface area contributed by atoms with E-state index in [0.717, 1.165) is 5.56 Å². The molecule has 0 radical (unpaired) electrons. The third-order valence-electron chi connectivity index (χ3n) is 3.43. The van der Waals surface area contributed by atoms with E-state index in [2.05, 4.69) is 10.4 Å². The van der Waals surface area contributed by atoms with Crippen LogP contribution in [0.1, 0.15) is 34.6 Å². The van der Waals surface area contributed by atoms with E-state index in [4.69, 9.17) is 11.5 Å². The number of amides is 2. The molecule has 0 fully saturated rings. The highest BCUT2D eigenvalue weighted by Gasteiger charge is 2.24. The smallest absolute Gasteiger partial charge is 0.254 e. The van der Waals surface area contributed by atoms with E-state index in [9.17, 15) is 9.59 Å². The predicted octanol–water partition coefficient (Wildman–Crippen LogP) is 1.38. The third-order valence-corrected chi connectivity index (χ3v) is 3.43. The zero-order chi connectivity index (χ0) is 16.4. The summed E-state index contributed by atoms with van der Waals surface area (Å²) in [4.78, 5) is 23.7. The quantitative estimate of drug-likeness (QED) is 0.791. The summed E-state index contributed by atoms with van der Waals surface area (Å²) in [6, 6.07) is 6.75. The molecule has 0 saturated carbocycles. The molecule has 1 atom stereocenters. The number of hydrogen-bond donors (Lipinski definition) is 3. The number of carbonyl (C=O) groups is 2. The van der Waals surface area contributed by atoms with E-state index in [1.807, 2.05) is 31.2 Å². The molecule has 116 valence electrons. The van der Waals surface area contributed by atoms with Crippen LogP contribution in [0, 0.1) is 13.8 Å². The third kappa shape index (κ3) is 2.93. The summed E-state index contributed by atoms with van der Waals surface area (Å²) in [5, 5.41) is 6.92. The Morgan fingerprint density at radius 2 is 1.82 bits per heavy atom. The second-order valence-electron chi connectivity index (χ2n) is 5.19. The summed E-state index contributed by atoms with van der Waals surface area (Å²) in [7, 11) is 0. The molecule has 5 N–H and O–H groups in total. The Morgan fingerprint density at radius 3 is 2.32 bits per heavy atom. The molecule has 0 bridgehead atoms. The van der Waals surface area contributed by atoms with Gasteiger partial charge in [0.25, 0.3) is 5.91 Å². The lowest BCUT2D eigenvalue weighted by molar-refractivity contribution is -0.119. The van der Waals surface area contributed by atoms with Crippen LogP contribution in [0.5, 0.6) is 0 Å². The molecule has 1 unspecified atom stereocenters. The summed E-state index contributed by atoms with van der Waals surface area (Å²) >= 11 is 0. The molecule has 2 amide bonds. The lowest BCUT2D eigenvalue weighted by Gasteiger charge is -2.14. The molecule has 0 aliphatic rings. The van der Waals surface area contributed by atoms with Crippen LogP contribution >= 0.6 is 0 Å². The van der Waals surface area contributed by atoms with Gasteiger partial charge in [-0.3, -0.25) is 9.59 Å². The number of nitrogens with one attached hydrogen (secondary N) is 1. The summed E-state index contributed by atoms with van der Waals surface area (Å²) in [6.07, 6.45) is 0. The number of primary amides is 1. The highest BCUT2D eigenvalue weighted by molar-refractivity contribution is 5.99. The Hall–Kier alpha value is -2.83. The van der Waals surface area contributed by atoms with Crippen LogP contribution in [0.2, 0.25) is 0 Å². The van der Waals surface area contributed by atoms with Gasteiger partial charge in [-0.1, -0.05) is 17.7 Å². The van der Waals surface area contributed by atoms with Crippen LogP contribution in [-0.4, -0.2) is 21.6 Å². The van der Waals surface area contributed by atoms with E-state index in [-0.39, 0.29) is 17.3 Å². The van der Waals surface area contributed by atoms with Gasteiger partial charge in [0.05, 0.1) is 5.69 Å². The van der Waals surface area contributed by atoms with Gasteiger partial charge < -0.3 is 16.8 Å². The molecule has 2 rings (SSSR count). The molecule has 0 spiro atoms. The molecule has 22 heavy (non-hydrogen) atoms. The van der Waals surface area contributed by atoms with Gasteiger partial charge in [0, 0.05) is 5.69 Å². The van der Waals surface area contributed by atoms with Crippen molar-refractivity contribution < 1.29 is 9.59 Å². The van der Waals surface area contributed by atoms with Crippen molar-refractivity contribution in [2.45, 2.75) is 26.8 Å². The Kier molecular flexibility index (Phi) is 4.16. The van der Waals surface area contributed by atoms with Gasteiger partial charge in [0.2, 0.25) is 5.91 Å². The Bertz CT molecular complexity index is 718. The molecule has 7 heteroatoms. The van der Waals surface area contributed by atoms with Gasteiger partial charge >= 0.3 is 0 Å². The van der Waals surface area contributed by atoms with Crippen LogP contribution in [-0.2, 0) is 4.79 Å². The van der Waals surface area contributed by atoms with Crippen molar-refractivity contribution in [1.82, 2.24) is 9.78 Å². The van der Waals surface area contributed by atoms with Gasteiger partial charge in [-0.25, -0.2) is 4.68 Å². The fourth-order valence-electron chi connectivity index (χ4n) is 2.16. The first kappa shape index (κ1) is 15.6. The van der Waals surface area contributed by atoms with Crippen molar-refractivity contribution >= 4 is 23.3 Å². The van der Waals surface area contributed by atoms with Crippen LogP contribution in [0.25, 0.3) is 0 Å². The molecule has 0 aliphatic carbocycles. The van der Waals surface area contributed by atoms with E-state index >= 15 is 0 Å². The minimum atomic E-state index is -0.673. The van der Waals surface area contributed by atoms with Crippen molar-refractivity contribution in [3.63, 3.8) is 0 Å². The number of nitrogens with zero attached hydrogens (tertiary/aromatic N) is 2. The minimum Gasteiger partial charge on any atom is -0.383 e. The topological polar surface area (TPSA) is 116 Å². The Labute approximate surface area is 128 Å². The van der Waals surface area contributed by atoms with Crippen molar-refractivity contribution in [1.29, 1.82) is 0 Å². The number of anilines is 2. The molecule has 1 aromatic carbocycles. The summed E-state index contributed by atoms with van der Waals surface area (Å²) < 4.78 is 1.30. The average Bonchev–Trinajstić information content (AvgIpc) is 2.75. The van der Waals surface area contributed by atoms with Gasteiger partial charge in [-0.05, 0) is 32.9 Å². The predicted molar refractivity (Wildman–Crippen MR) is 84.4 cm³/mol. The van der Waals surface area contributed by atoms with Gasteiger partial charge in [0.15, 0.2) is 0 Å². The lowest BCUT2D eigenvalue weighted by Crippen LogP contribution is -2.26. The lowest BCUT2D eigenvalue weighted by atomic mass is 10.2. The van der Waals surface area contributed by atoms with Gasteiger partial charge in [0.1, 0.15) is 17.4 Å². The molecule has 2 aromatic rings. The Morgan fingerprint density at radius 1 is 1.23 bits per heavy atom. The fourth-order valence-corrected chi connectivity index (χ4v) is 2.16. The normalized spacial score (nSPS) is 12.0. The largest absolute Gasteiger partial charge is 0.383 e. The first-order valence-electron chi connectivity index (χ1n) is 6.83. The molecule has 7 nitrogen and oxygen atoms in total. The summed E-state index contributed by atoms with van der Waals surface area (Å²) in [5.41, 5.74) is 13.5. The first-order chi connectivity index (χ1) is 10.3. The second kappa shape index (κ2) is 5.88. The number of nitrogen functional groups attached to an aromatic ring is 1. The second-order valence-corrected chi connectivity index (χ2v) is 5.19. The molecule has 0 aliphatic heterocycles.